The number of nitrogens with zero attached hydrogens (tertiary/aromatic N) is 1. The summed E-state index contributed by atoms with van der Waals surface area (Å²) < 4.78 is 82.0. The average Bonchev–Trinajstić information content (AvgIpc) is 2.91. The summed E-state index contributed by atoms with van der Waals surface area (Å²) in [7, 11) is 0. The summed E-state index contributed by atoms with van der Waals surface area (Å²) in [5.41, 5.74) is -3.00. The number of aliphatic carboxylic acids is 1. The zero-order valence-corrected chi connectivity index (χ0v) is 12.1. The Morgan fingerprint density at radius 3 is 2.12 bits per heavy atom. The number of carboxylic acids is 1. The smallest absolute Gasteiger partial charge is 0.416 e. The van der Waals surface area contributed by atoms with Crippen molar-refractivity contribution in [2.45, 2.75) is 24.9 Å². The Kier molecular flexibility index (Phi) is 4.97. The highest BCUT2D eigenvalue weighted by Gasteiger charge is 2.38. The summed E-state index contributed by atoms with van der Waals surface area (Å²) in [6.07, 6.45) is -10.1. The molecule has 1 aliphatic rings. The summed E-state index contributed by atoms with van der Waals surface area (Å²) >= 11 is 0. The minimum absolute atomic E-state index is 0.0197. The van der Waals surface area contributed by atoms with Crippen LogP contribution in [0.1, 0.15) is 17.5 Å². The number of carbonyl (C=O) groups is 1. The normalized spacial score (nSPS) is 18.9. The average molecular weight is 357 g/mol. The van der Waals surface area contributed by atoms with Crippen molar-refractivity contribution in [2.75, 3.05) is 24.6 Å². The summed E-state index contributed by atoms with van der Waals surface area (Å²) in [5, 5.41) is 8.52. The highest BCUT2D eigenvalue weighted by molar-refractivity contribution is 5.68. The van der Waals surface area contributed by atoms with Gasteiger partial charge in [0.05, 0.1) is 17.2 Å². The van der Waals surface area contributed by atoms with Crippen molar-refractivity contribution in [1.82, 2.24) is 0 Å². The number of ether oxygens (including phenoxy) is 1. The fourth-order valence-electron chi connectivity index (χ4n) is 2.41. The van der Waals surface area contributed by atoms with Crippen LogP contribution in [0.4, 0.5) is 32.0 Å². The second-order valence-electron chi connectivity index (χ2n) is 5.33. The van der Waals surface area contributed by atoms with Gasteiger partial charge >= 0.3 is 18.3 Å². The zero-order chi connectivity index (χ0) is 18.1. The van der Waals surface area contributed by atoms with Gasteiger partial charge in [0.15, 0.2) is 0 Å². The van der Waals surface area contributed by atoms with Gasteiger partial charge in [-0.3, -0.25) is 0 Å². The van der Waals surface area contributed by atoms with Gasteiger partial charge in [0, 0.05) is 18.8 Å². The van der Waals surface area contributed by atoms with Crippen molar-refractivity contribution in [3.8, 4) is 0 Å². The molecule has 24 heavy (non-hydrogen) atoms. The van der Waals surface area contributed by atoms with Crippen molar-refractivity contribution in [3.63, 3.8) is 0 Å². The van der Waals surface area contributed by atoms with Gasteiger partial charge in [-0.25, -0.2) is 4.79 Å². The minimum atomic E-state index is -4.91. The largest absolute Gasteiger partial charge is 0.480 e. The van der Waals surface area contributed by atoms with Crippen LogP contribution in [0.3, 0.4) is 0 Å². The van der Waals surface area contributed by atoms with E-state index in [1.807, 2.05) is 0 Å². The van der Waals surface area contributed by atoms with Crippen molar-refractivity contribution < 1.29 is 41.0 Å². The van der Waals surface area contributed by atoms with E-state index in [0.29, 0.717) is 18.6 Å². The zero-order valence-electron chi connectivity index (χ0n) is 12.1. The lowest BCUT2D eigenvalue weighted by Gasteiger charge is -2.22. The van der Waals surface area contributed by atoms with Crippen LogP contribution in [0.15, 0.2) is 18.2 Å². The molecule has 0 saturated carbocycles. The van der Waals surface area contributed by atoms with Crippen LogP contribution >= 0.6 is 0 Å². The Balaban J connectivity index is 2.25. The van der Waals surface area contributed by atoms with Crippen LogP contribution in [0.25, 0.3) is 0 Å². The molecule has 0 aliphatic carbocycles. The third kappa shape index (κ3) is 4.53. The summed E-state index contributed by atoms with van der Waals surface area (Å²) in [5.74, 6) is -1.20. The number of halogens is 6. The molecule has 1 N–H and O–H groups in total. The first-order valence-corrected chi connectivity index (χ1v) is 6.84. The number of carboxylic acid groups (broad SMARTS) is 1. The molecule has 0 spiro atoms. The van der Waals surface area contributed by atoms with E-state index in [1.54, 1.807) is 0 Å². The topological polar surface area (TPSA) is 49.8 Å². The van der Waals surface area contributed by atoms with E-state index in [4.69, 9.17) is 9.84 Å². The maximum Gasteiger partial charge on any atom is 0.416 e. The van der Waals surface area contributed by atoms with Gasteiger partial charge in [0.25, 0.3) is 0 Å². The molecule has 0 aromatic heterocycles. The molecule has 1 aromatic rings. The summed E-state index contributed by atoms with van der Waals surface area (Å²) in [6, 6.07) is 1.36. The molecule has 134 valence electrons. The van der Waals surface area contributed by atoms with Gasteiger partial charge in [-0.05, 0) is 24.6 Å². The Labute approximate surface area is 132 Å². The molecule has 1 aliphatic heterocycles. The molecule has 1 aromatic carbocycles. The quantitative estimate of drug-likeness (QED) is 0.840. The number of hydrogen-bond donors (Lipinski definition) is 1. The van der Waals surface area contributed by atoms with Crippen LogP contribution in [-0.4, -0.2) is 36.9 Å². The number of hydrogen-bond acceptors (Lipinski definition) is 3. The standard InChI is InChI=1S/C14H13F6NO3/c15-13(16,17)8-3-9(14(18,19)20)5-10(4-8)21-2-1-11(6-21)24-7-12(22)23/h3-5,11H,1-2,6-7H2,(H,22,23)/t11-/m0/s1. The molecule has 2 rings (SSSR count). The molecule has 0 radical (unpaired) electrons. The number of anilines is 1. The van der Waals surface area contributed by atoms with Crippen molar-refractivity contribution in [3.05, 3.63) is 29.3 Å². The molecule has 1 atom stereocenters. The van der Waals surface area contributed by atoms with E-state index in [2.05, 4.69) is 0 Å². The molecule has 1 fully saturated rings. The van der Waals surface area contributed by atoms with Gasteiger partial charge < -0.3 is 14.7 Å². The van der Waals surface area contributed by atoms with E-state index >= 15 is 0 Å². The first-order valence-electron chi connectivity index (χ1n) is 6.84. The second kappa shape index (κ2) is 6.50. The molecular weight excluding hydrogens is 344 g/mol. The lowest BCUT2D eigenvalue weighted by molar-refractivity contribution is -0.144. The Morgan fingerprint density at radius 1 is 1.12 bits per heavy atom. The van der Waals surface area contributed by atoms with Gasteiger partial charge in [-0.2, -0.15) is 26.3 Å². The second-order valence-corrected chi connectivity index (χ2v) is 5.33. The molecule has 0 amide bonds. The third-order valence-electron chi connectivity index (χ3n) is 3.53. The van der Waals surface area contributed by atoms with Crippen molar-refractivity contribution in [1.29, 1.82) is 0 Å². The van der Waals surface area contributed by atoms with Crippen molar-refractivity contribution in [2.24, 2.45) is 0 Å². The monoisotopic (exact) mass is 357 g/mol. The van der Waals surface area contributed by atoms with Crippen LogP contribution in [0.2, 0.25) is 0 Å². The van der Waals surface area contributed by atoms with Gasteiger partial charge in [-0.1, -0.05) is 0 Å². The predicted octanol–water partition coefficient (Wildman–Crippen LogP) is 3.40. The highest BCUT2D eigenvalue weighted by atomic mass is 19.4. The Bertz CT molecular complexity index is 581. The molecule has 0 bridgehead atoms. The molecular formula is C14H13F6NO3. The Morgan fingerprint density at radius 2 is 1.67 bits per heavy atom. The van der Waals surface area contributed by atoms with Gasteiger partial charge in [0.1, 0.15) is 6.61 Å². The van der Waals surface area contributed by atoms with Gasteiger partial charge in [-0.15, -0.1) is 0 Å². The Hall–Kier alpha value is -1.97. The van der Waals surface area contributed by atoms with E-state index in [9.17, 15) is 31.1 Å². The van der Waals surface area contributed by atoms with E-state index in [-0.39, 0.29) is 24.8 Å². The lowest BCUT2D eigenvalue weighted by atomic mass is 10.1. The highest BCUT2D eigenvalue weighted by Crippen LogP contribution is 2.39. The van der Waals surface area contributed by atoms with Crippen LogP contribution in [0.5, 0.6) is 0 Å². The molecule has 10 heteroatoms. The fourth-order valence-corrected chi connectivity index (χ4v) is 2.41. The summed E-state index contributed by atoms with van der Waals surface area (Å²) in [4.78, 5) is 11.7. The predicted molar refractivity (Wildman–Crippen MR) is 70.7 cm³/mol. The van der Waals surface area contributed by atoms with Crippen molar-refractivity contribution >= 4 is 11.7 Å². The SMILES string of the molecule is O=C(O)CO[C@H]1CCN(c2cc(C(F)(F)F)cc(C(F)(F)F)c2)C1. The fraction of sp³-hybridized carbons (Fsp3) is 0.500. The molecule has 1 saturated heterocycles. The van der Waals surface area contributed by atoms with E-state index < -0.39 is 42.2 Å². The van der Waals surface area contributed by atoms with Crippen LogP contribution in [0, 0.1) is 0 Å². The summed E-state index contributed by atoms with van der Waals surface area (Å²) in [6.45, 7) is -0.385. The molecule has 0 unspecified atom stereocenters. The molecule has 1 heterocycles. The first-order chi connectivity index (χ1) is 11.0. The van der Waals surface area contributed by atoms with Crippen LogP contribution < -0.4 is 4.90 Å². The van der Waals surface area contributed by atoms with Gasteiger partial charge in [0.2, 0.25) is 0 Å². The number of rotatable bonds is 4. The minimum Gasteiger partial charge on any atom is -0.480 e. The third-order valence-corrected chi connectivity index (χ3v) is 3.53. The number of alkyl halides is 6. The van der Waals surface area contributed by atoms with E-state index in [0.717, 1.165) is 0 Å². The first kappa shape index (κ1) is 18.4. The maximum atomic E-state index is 12.8. The molecule has 4 nitrogen and oxygen atoms in total. The van der Waals surface area contributed by atoms with E-state index in [1.165, 1.54) is 4.90 Å². The number of benzene rings is 1. The lowest BCUT2D eigenvalue weighted by Crippen LogP contribution is -2.25. The maximum absolute atomic E-state index is 12.8. The van der Waals surface area contributed by atoms with Crippen LogP contribution in [-0.2, 0) is 21.9 Å².